The summed E-state index contributed by atoms with van der Waals surface area (Å²) in [6.45, 7) is 9.94. The number of halogens is 1. The highest BCUT2D eigenvalue weighted by Gasteiger charge is 2.19. The highest BCUT2D eigenvalue weighted by atomic mass is 79.9. The lowest BCUT2D eigenvalue weighted by molar-refractivity contribution is 0.389. The van der Waals surface area contributed by atoms with Crippen LogP contribution in [0.3, 0.4) is 0 Å². The van der Waals surface area contributed by atoms with Crippen LogP contribution in [0.5, 0.6) is 0 Å². The number of rotatable bonds is 5. The number of thiophene rings is 1. The van der Waals surface area contributed by atoms with Gasteiger partial charge >= 0.3 is 0 Å². The summed E-state index contributed by atoms with van der Waals surface area (Å²) in [5.41, 5.74) is 0. The Morgan fingerprint density at radius 1 is 1.47 bits per heavy atom. The summed E-state index contributed by atoms with van der Waals surface area (Å²) in [4.78, 5) is 2.83. The van der Waals surface area contributed by atoms with E-state index < -0.39 is 0 Å². The van der Waals surface area contributed by atoms with E-state index in [0.29, 0.717) is 12.0 Å². The van der Waals surface area contributed by atoms with Gasteiger partial charge in [-0.3, -0.25) is 0 Å². The zero-order valence-electron chi connectivity index (χ0n) is 9.93. The van der Waals surface area contributed by atoms with Crippen molar-refractivity contribution >= 4 is 27.3 Å². The van der Waals surface area contributed by atoms with E-state index in [0.717, 1.165) is 6.54 Å². The fraction of sp³-hybridized carbons (Fsp3) is 0.667. The normalized spacial score (nSPS) is 15.3. The second kappa shape index (κ2) is 6.02. The highest BCUT2D eigenvalue weighted by molar-refractivity contribution is 9.10. The lowest BCUT2D eigenvalue weighted by Gasteiger charge is -2.22. The molecule has 0 spiro atoms. The molecule has 1 aromatic heterocycles. The summed E-state index contributed by atoms with van der Waals surface area (Å²) in [5.74, 6) is 0.690. The maximum absolute atomic E-state index is 3.59. The first-order valence-electron chi connectivity index (χ1n) is 5.59. The molecule has 15 heavy (non-hydrogen) atoms. The third-order valence-electron chi connectivity index (χ3n) is 2.82. The molecule has 1 heterocycles. The highest BCUT2D eigenvalue weighted by Crippen LogP contribution is 2.34. The molecule has 1 N–H and O–H groups in total. The van der Waals surface area contributed by atoms with Gasteiger partial charge in [0.1, 0.15) is 0 Å². The van der Waals surface area contributed by atoms with Crippen molar-refractivity contribution in [3.8, 4) is 0 Å². The van der Waals surface area contributed by atoms with Crippen LogP contribution in [0.2, 0.25) is 0 Å². The Hall–Kier alpha value is 0.140. The summed E-state index contributed by atoms with van der Waals surface area (Å²) in [5, 5.41) is 3.58. The predicted octanol–water partition coefficient (Wildman–Crippen LogP) is 4.52. The van der Waals surface area contributed by atoms with Gasteiger partial charge in [0.15, 0.2) is 0 Å². The molecule has 0 bridgehead atoms. The Balaban J connectivity index is 2.88. The molecule has 2 atom stereocenters. The molecule has 0 saturated carbocycles. The minimum absolute atomic E-state index is 0.509. The van der Waals surface area contributed by atoms with Gasteiger partial charge in [-0.25, -0.2) is 0 Å². The summed E-state index contributed by atoms with van der Waals surface area (Å²) in [6, 6.07) is 2.77. The van der Waals surface area contributed by atoms with E-state index in [2.05, 4.69) is 55.0 Å². The summed E-state index contributed by atoms with van der Waals surface area (Å²) in [7, 11) is 0. The largest absolute Gasteiger partial charge is 0.309 e. The van der Waals surface area contributed by atoms with Gasteiger partial charge in [0.05, 0.1) is 0 Å². The maximum atomic E-state index is 3.59. The molecule has 0 aliphatic carbocycles. The van der Waals surface area contributed by atoms with Crippen LogP contribution < -0.4 is 5.32 Å². The second-order valence-corrected chi connectivity index (χ2v) is 6.12. The number of aryl methyl sites for hydroxylation is 1. The lowest BCUT2D eigenvalue weighted by Crippen LogP contribution is -2.25. The van der Waals surface area contributed by atoms with Crippen LogP contribution >= 0.6 is 27.3 Å². The van der Waals surface area contributed by atoms with Gasteiger partial charge in [0.2, 0.25) is 0 Å². The molecular weight excluding hydrogens is 270 g/mol. The van der Waals surface area contributed by atoms with Crippen molar-refractivity contribution in [3.05, 3.63) is 20.3 Å². The molecule has 1 nitrogen and oxygen atoms in total. The Kier molecular flexibility index (Phi) is 5.30. The quantitative estimate of drug-likeness (QED) is 0.841. The summed E-state index contributed by atoms with van der Waals surface area (Å²) < 4.78 is 1.24. The fourth-order valence-corrected chi connectivity index (χ4v) is 3.44. The topological polar surface area (TPSA) is 12.0 Å². The summed E-state index contributed by atoms with van der Waals surface area (Å²) >= 11 is 5.49. The minimum atomic E-state index is 0.509. The Morgan fingerprint density at radius 3 is 2.53 bits per heavy atom. The molecule has 0 aliphatic heterocycles. The molecule has 1 aromatic rings. The average molecular weight is 290 g/mol. The van der Waals surface area contributed by atoms with Crippen molar-refractivity contribution in [3.63, 3.8) is 0 Å². The van der Waals surface area contributed by atoms with Crippen LogP contribution in [-0.4, -0.2) is 6.54 Å². The van der Waals surface area contributed by atoms with Crippen molar-refractivity contribution in [1.82, 2.24) is 5.32 Å². The molecular formula is C12H20BrNS. The molecule has 0 aromatic carbocycles. The molecule has 0 radical (unpaired) electrons. The molecule has 2 unspecified atom stereocenters. The van der Waals surface area contributed by atoms with Crippen LogP contribution in [0, 0.1) is 12.8 Å². The van der Waals surface area contributed by atoms with E-state index in [9.17, 15) is 0 Å². The average Bonchev–Trinajstić information content (AvgIpc) is 2.54. The van der Waals surface area contributed by atoms with Gasteiger partial charge in [-0.15, -0.1) is 11.3 Å². The third kappa shape index (κ3) is 3.30. The van der Waals surface area contributed by atoms with Crippen LogP contribution in [0.1, 0.15) is 43.0 Å². The zero-order valence-corrected chi connectivity index (χ0v) is 12.3. The monoisotopic (exact) mass is 289 g/mol. The van der Waals surface area contributed by atoms with E-state index in [1.54, 1.807) is 0 Å². The van der Waals surface area contributed by atoms with Gasteiger partial charge < -0.3 is 5.32 Å². The molecule has 86 valence electrons. The van der Waals surface area contributed by atoms with Gasteiger partial charge in [-0.1, -0.05) is 27.2 Å². The maximum Gasteiger partial charge on any atom is 0.0441 e. The third-order valence-corrected chi connectivity index (χ3v) is 5.04. The number of hydrogen-bond donors (Lipinski definition) is 1. The summed E-state index contributed by atoms with van der Waals surface area (Å²) in [6.07, 6.45) is 1.21. The Morgan fingerprint density at radius 2 is 2.13 bits per heavy atom. The van der Waals surface area contributed by atoms with E-state index in [4.69, 9.17) is 0 Å². The van der Waals surface area contributed by atoms with Gasteiger partial charge in [-0.05, 0) is 41.4 Å². The molecule has 1 rings (SSSR count). The molecule has 0 amide bonds. The number of hydrogen-bond acceptors (Lipinski definition) is 2. The first-order valence-corrected chi connectivity index (χ1v) is 7.20. The predicted molar refractivity (Wildman–Crippen MR) is 72.6 cm³/mol. The van der Waals surface area contributed by atoms with Crippen LogP contribution in [0.25, 0.3) is 0 Å². The SMILES string of the molecule is CCNC(c1cc(Br)c(C)s1)C(C)CC. The fourth-order valence-electron chi connectivity index (χ4n) is 1.67. The molecule has 3 heteroatoms. The van der Waals surface area contributed by atoms with E-state index in [-0.39, 0.29) is 0 Å². The smallest absolute Gasteiger partial charge is 0.0441 e. The zero-order chi connectivity index (χ0) is 11.4. The van der Waals surface area contributed by atoms with Crippen LogP contribution in [-0.2, 0) is 0 Å². The van der Waals surface area contributed by atoms with E-state index >= 15 is 0 Å². The van der Waals surface area contributed by atoms with Crippen molar-refractivity contribution in [2.75, 3.05) is 6.54 Å². The first-order chi connectivity index (χ1) is 7.10. The van der Waals surface area contributed by atoms with Crippen molar-refractivity contribution in [1.29, 1.82) is 0 Å². The van der Waals surface area contributed by atoms with E-state index in [1.165, 1.54) is 20.6 Å². The van der Waals surface area contributed by atoms with Crippen LogP contribution in [0.15, 0.2) is 10.5 Å². The van der Waals surface area contributed by atoms with Gasteiger partial charge in [0.25, 0.3) is 0 Å². The Bertz CT molecular complexity index is 289. The van der Waals surface area contributed by atoms with E-state index in [1.807, 2.05) is 11.3 Å². The standard InChI is InChI=1S/C12H20BrNS/c1-5-8(3)12(14-6-2)11-7-10(13)9(4)15-11/h7-8,12,14H,5-6H2,1-4H3. The van der Waals surface area contributed by atoms with Gasteiger partial charge in [0, 0.05) is 20.3 Å². The molecule has 0 saturated heterocycles. The minimum Gasteiger partial charge on any atom is -0.309 e. The van der Waals surface area contributed by atoms with Crippen LogP contribution in [0.4, 0.5) is 0 Å². The van der Waals surface area contributed by atoms with Crippen molar-refractivity contribution in [2.24, 2.45) is 5.92 Å². The second-order valence-electron chi connectivity index (χ2n) is 3.97. The Labute approximate surface area is 105 Å². The number of nitrogens with one attached hydrogen (secondary N) is 1. The first kappa shape index (κ1) is 13.2. The van der Waals surface area contributed by atoms with Crippen molar-refractivity contribution in [2.45, 2.75) is 40.2 Å². The lowest BCUT2D eigenvalue weighted by atomic mass is 9.98. The van der Waals surface area contributed by atoms with Gasteiger partial charge in [-0.2, -0.15) is 0 Å². The van der Waals surface area contributed by atoms with Crippen molar-refractivity contribution < 1.29 is 0 Å². The molecule has 0 aliphatic rings. The molecule has 0 fully saturated rings.